The largest absolute Gasteiger partial charge is 0.391 e. The number of carbonyl (C=O) groups is 4. The van der Waals surface area contributed by atoms with Crippen LogP contribution in [0.4, 0.5) is 0 Å². The molecule has 274 valence electrons. The van der Waals surface area contributed by atoms with Gasteiger partial charge in [0, 0.05) is 22.9 Å². The van der Waals surface area contributed by atoms with Crippen molar-refractivity contribution in [3.8, 4) is 0 Å². The Hall–Kier alpha value is -5.91. The van der Waals surface area contributed by atoms with Crippen molar-refractivity contribution < 1.29 is 29.1 Å². The van der Waals surface area contributed by atoms with Crippen LogP contribution in [0.15, 0.2) is 121 Å². The second-order valence-corrected chi connectivity index (χ2v) is 13.9. The number of hydrogen-bond acceptors (Lipinski definition) is 7. The first kappa shape index (κ1) is 38.3. The van der Waals surface area contributed by atoms with Crippen LogP contribution < -0.4 is 21.4 Å². The molecule has 0 radical (unpaired) electrons. The Kier molecular flexibility index (Phi) is 13.0. The summed E-state index contributed by atoms with van der Waals surface area (Å²) in [5, 5.41) is 21.1. The van der Waals surface area contributed by atoms with Crippen molar-refractivity contribution in [3.05, 3.63) is 149 Å². The maximum absolute atomic E-state index is 14.1. The molecule has 4 aromatic carbocycles. The van der Waals surface area contributed by atoms with Gasteiger partial charge in [0.25, 0.3) is 11.8 Å². The third-order valence-electron chi connectivity index (χ3n) is 8.38. The van der Waals surface area contributed by atoms with Gasteiger partial charge in [-0.15, -0.1) is 0 Å². The molecule has 5 N–H and O–H groups in total. The fourth-order valence-corrected chi connectivity index (χ4v) is 5.77. The number of benzene rings is 4. The summed E-state index contributed by atoms with van der Waals surface area (Å²) < 4.78 is 0. The molecule has 0 unspecified atom stereocenters. The van der Waals surface area contributed by atoms with Gasteiger partial charge in [0.1, 0.15) is 11.7 Å². The molecule has 0 saturated heterocycles. The summed E-state index contributed by atoms with van der Waals surface area (Å²) in [6.07, 6.45) is -1.37. The summed E-state index contributed by atoms with van der Waals surface area (Å²) in [4.78, 5) is 63.8. The summed E-state index contributed by atoms with van der Waals surface area (Å²) in [5.41, 5.74) is 5.21. The molecule has 0 saturated carbocycles. The van der Waals surface area contributed by atoms with E-state index < -0.39 is 47.9 Å². The van der Waals surface area contributed by atoms with Gasteiger partial charge in [-0.1, -0.05) is 103 Å². The van der Waals surface area contributed by atoms with Crippen LogP contribution in [0, 0.1) is 0 Å². The lowest BCUT2D eigenvalue weighted by molar-refractivity contribution is -0.137. The standard InChI is InChI=1S/C42H45N5O6/c1-42(2,3)46-39(50)32-20-12-10-19-31(32)25-37(48)35(24-28-14-6-4-7-15-28)44-41(52)36(26-38(49)47-53-27-29-16-8-5-9-17-29)45-40(51)34-23-22-30-18-11-13-21-33(30)43-34/h4-23,35-37,48H,24-27H2,1-3H3,(H,44,52)(H,45,51)(H,46,50)(H,47,49)/t35-,36-,37+/m0/s1. The molecule has 11 heteroatoms. The summed E-state index contributed by atoms with van der Waals surface area (Å²) in [6, 6.07) is 33.9. The first-order valence-corrected chi connectivity index (χ1v) is 17.5. The fraction of sp³-hybridized carbons (Fsp3) is 0.262. The van der Waals surface area contributed by atoms with Crippen LogP contribution in [0.25, 0.3) is 10.9 Å². The molecule has 5 aromatic rings. The molecule has 3 atom stereocenters. The van der Waals surface area contributed by atoms with Gasteiger partial charge in [0.2, 0.25) is 11.8 Å². The minimum absolute atomic E-state index is 0.0391. The van der Waals surface area contributed by atoms with Crippen LogP contribution in [-0.2, 0) is 33.9 Å². The van der Waals surface area contributed by atoms with E-state index in [0.29, 0.717) is 16.6 Å². The Morgan fingerprint density at radius 3 is 2.08 bits per heavy atom. The third-order valence-corrected chi connectivity index (χ3v) is 8.38. The maximum Gasteiger partial charge on any atom is 0.270 e. The number of para-hydroxylation sites is 1. The molecule has 0 aliphatic rings. The summed E-state index contributed by atoms with van der Waals surface area (Å²) >= 11 is 0. The quantitative estimate of drug-likeness (QED) is 0.0972. The highest BCUT2D eigenvalue weighted by atomic mass is 16.6. The lowest BCUT2D eigenvalue weighted by Gasteiger charge is -2.28. The molecule has 53 heavy (non-hydrogen) atoms. The Morgan fingerprint density at radius 2 is 1.36 bits per heavy atom. The van der Waals surface area contributed by atoms with Crippen LogP contribution in [0.3, 0.4) is 0 Å². The molecule has 0 bridgehead atoms. The molecular formula is C42H45N5O6. The van der Waals surface area contributed by atoms with Gasteiger partial charge in [-0.3, -0.25) is 24.0 Å². The lowest BCUT2D eigenvalue weighted by atomic mass is 9.93. The summed E-state index contributed by atoms with van der Waals surface area (Å²) in [6.45, 7) is 5.75. The molecular weight excluding hydrogens is 670 g/mol. The van der Waals surface area contributed by atoms with E-state index >= 15 is 0 Å². The number of carbonyl (C=O) groups excluding carboxylic acids is 4. The number of amides is 4. The number of rotatable bonds is 15. The smallest absolute Gasteiger partial charge is 0.270 e. The number of pyridine rings is 1. The second-order valence-electron chi connectivity index (χ2n) is 13.9. The minimum Gasteiger partial charge on any atom is -0.391 e. The number of hydroxylamine groups is 1. The predicted octanol–water partition coefficient (Wildman–Crippen LogP) is 4.83. The summed E-state index contributed by atoms with van der Waals surface area (Å²) in [5.74, 6) is -2.29. The van der Waals surface area contributed by atoms with Crippen molar-refractivity contribution in [3.63, 3.8) is 0 Å². The van der Waals surface area contributed by atoms with E-state index in [4.69, 9.17) is 4.84 Å². The number of hydrogen-bond donors (Lipinski definition) is 5. The van der Waals surface area contributed by atoms with Crippen molar-refractivity contribution in [2.45, 2.75) is 70.4 Å². The van der Waals surface area contributed by atoms with E-state index in [1.807, 2.05) is 93.6 Å². The molecule has 0 fully saturated rings. The molecule has 0 spiro atoms. The van der Waals surface area contributed by atoms with E-state index in [-0.39, 0.29) is 31.0 Å². The predicted molar refractivity (Wildman–Crippen MR) is 202 cm³/mol. The van der Waals surface area contributed by atoms with Crippen molar-refractivity contribution in [2.24, 2.45) is 0 Å². The number of aliphatic hydroxyl groups excluding tert-OH is 1. The normalized spacial score (nSPS) is 13.0. The van der Waals surface area contributed by atoms with Gasteiger partial charge in [-0.25, -0.2) is 10.5 Å². The van der Waals surface area contributed by atoms with Crippen molar-refractivity contribution in [1.82, 2.24) is 26.4 Å². The highest BCUT2D eigenvalue weighted by molar-refractivity contribution is 5.99. The van der Waals surface area contributed by atoms with Gasteiger partial charge in [-0.05, 0) is 62.1 Å². The molecule has 1 aromatic heterocycles. The Bertz CT molecular complexity index is 2020. The summed E-state index contributed by atoms with van der Waals surface area (Å²) in [7, 11) is 0. The average molecular weight is 716 g/mol. The highest BCUT2D eigenvalue weighted by Gasteiger charge is 2.30. The first-order chi connectivity index (χ1) is 25.4. The van der Waals surface area contributed by atoms with E-state index in [2.05, 4.69) is 26.4 Å². The monoisotopic (exact) mass is 715 g/mol. The van der Waals surface area contributed by atoms with Gasteiger partial charge >= 0.3 is 0 Å². The van der Waals surface area contributed by atoms with Gasteiger partial charge in [0.15, 0.2) is 0 Å². The first-order valence-electron chi connectivity index (χ1n) is 17.5. The Labute approximate surface area is 309 Å². The van der Waals surface area contributed by atoms with E-state index in [0.717, 1.165) is 16.5 Å². The molecule has 4 amide bonds. The topological polar surface area (TPSA) is 159 Å². The van der Waals surface area contributed by atoms with Crippen LogP contribution in [0.2, 0.25) is 0 Å². The maximum atomic E-state index is 14.1. The molecule has 0 aliphatic heterocycles. The molecule has 0 aliphatic carbocycles. The van der Waals surface area contributed by atoms with E-state index in [9.17, 15) is 24.3 Å². The molecule has 11 nitrogen and oxygen atoms in total. The van der Waals surface area contributed by atoms with Crippen molar-refractivity contribution in [2.75, 3.05) is 0 Å². The average Bonchev–Trinajstić information content (AvgIpc) is 3.14. The van der Waals surface area contributed by atoms with Crippen LogP contribution in [0.5, 0.6) is 0 Å². The number of nitrogens with zero attached hydrogens (tertiary/aromatic N) is 1. The van der Waals surface area contributed by atoms with Crippen molar-refractivity contribution >= 4 is 34.5 Å². The number of aliphatic hydroxyl groups is 1. The Balaban J connectivity index is 1.37. The van der Waals surface area contributed by atoms with Crippen LogP contribution in [0.1, 0.15) is 64.7 Å². The zero-order valence-electron chi connectivity index (χ0n) is 30.0. The minimum atomic E-state index is -1.37. The second kappa shape index (κ2) is 18.0. The lowest BCUT2D eigenvalue weighted by Crippen LogP contribution is -2.54. The number of fused-ring (bicyclic) bond motifs is 1. The van der Waals surface area contributed by atoms with Gasteiger partial charge in [0.05, 0.1) is 30.7 Å². The Morgan fingerprint density at radius 1 is 0.717 bits per heavy atom. The fourth-order valence-electron chi connectivity index (χ4n) is 5.77. The highest BCUT2D eigenvalue weighted by Crippen LogP contribution is 2.18. The number of aromatic nitrogens is 1. The van der Waals surface area contributed by atoms with Gasteiger partial charge < -0.3 is 21.1 Å². The third kappa shape index (κ3) is 11.5. The van der Waals surface area contributed by atoms with Crippen LogP contribution >= 0.6 is 0 Å². The number of nitrogens with one attached hydrogen (secondary N) is 4. The van der Waals surface area contributed by atoms with Crippen LogP contribution in [-0.4, -0.2) is 57.4 Å². The van der Waals surface area contributed by atoms with Gasteiger partial charge in [-0.2, -0.15) is 0 Å². The van der Waals surface area contributed by atoms with E-state index in [1.54, 1.807) is 48.5 Å². The van der Waals surface area contributed by atoms with Crippen molar-refractivity contribution in [1.29, 1.82) is 0 Å². The molecule has 1 heterocycles. The zero-order chi connectivity index (χ0) is 37.8. The zero-order valence-corrected chi connectivity index (χ0v) is 30.0. The van der Waals surface area contributed by atoms with E-state index in [1.165, 1.54) is 0 Å². The molecule has 5 rings (SSSR count). The SMILES string of the molecule is CC(C)(C)NC(=O)c1ccccc1C[C@@H](O)[C@H](Cc1ccccc1)NC(=O)[C@H](CC(=O)NOCc1ccccc1)NC(=O)c1ccc2ccccc2n1.